The van der Waals surface area contributed by atoms with Gasteiger partial charge in [-0.05, 0) is 5.56 Å². The Bertz CT molecular complexity index is 279. The number of hydrogen-bond acceptors (Lipinski definition) is 3. The van der Waals surface area contributed by atoms with Gasteiger partial charge in [0.25, 0.3) is 0 Å². The van der Waals surface area contributed by atoms with Crippen LogP contribution in [0, 0.1) is 0 Å². The SMILES string of the molecule is COCC(COCCBr)OCc1ccccc1. The van der Waals surface area contributed by atoms with E-state index in [9.17, 15) is 0 Å². The highest BCUT2D eigenvalue weighted by Crippen LogP contribution is 2.04. The van der Waals surface area contributed by atoms with Gasteiger partial charge in [0.1, 0.15) is 6.10 Å². The highest BCUT2D eigenvalue weighted by Gasteiger charge is 2.09. The predicted octanol–water partition coefficient (Wildman–Crippen LogP) is 2.63. The molecule has 1 rings (SSSR count). The number of hydrogen-bond donors (Lipinski definition) is 0. The lowest BCUT2D eigenvalue weighted by Crippen LogP contribution is -2.25. The normalized spacial score (nSPS) is 12.6. The van der Waals surface area contributed by atoms with Gasteiger partial charge in [0.2, 0.25) is 0 Å². The summed E-state index contributed by atoms with van der Waals surface area (Å²) in [6, 6.07) is 10.1. The van der Waals surface area contributed by atoms with Gasteiger partial charge in [0, 0.05) is 12.4 Å². The van der Waals surface area contributed by atoms with E-state index in [1.807, 2.05) is 30.3 Å². The number of halogens is 1. The van der Waals surface area contributed by atoms with E-state index >= 15 is 0 Å². The molecule has 1 aromatic carbocycles. The van der Waals surface area contributed by atoms with E-state index in [0.29, 0.717) is 26.4 Å². The number of ether oxygens (including phenoxy) is 3. The van der Waals surface area contributed by atoms with Crippen molar-refractivity contribution in [2.24, 2.45) is 0 Å². The standard InChI is InChI=1S/C13H19BrO3/c1-15-10-13(11-16-8-7-14)17-9-12-5-3-2-4-6-12/h2-6,13H,7-11H2,1H3. The second-order valence-electron chi connectivity index (χ2n) is 3.64. The maximum absolute atomic E-state index is 5.75. The van der Waals surface area contributed by atoms with Crippen molar-refractivity contribution >= 4 is 15.9 Å². The molecule has 0 fully saturated rings. The Morgan fingerprint density at radius 1 is 1.18 bits per heavy atom. The number of rotatable bonds is 9. The molecule has 0 aliphatic heterocycles. The molecule has 0 N–H and O–H groups in total. The van der Waals surface area contributed by atoms with E-state index in [2.05, 4.69) is 15.9 Å². The van der Waals surface area contributed by atoms with Crippen LogP contribution in [0.25, 0.3) is 0 Å². The van der Waals surface area contributed by atoms with Gasteiger partial charge >= 0.3 is 0 Å². The molecule has 17 heavy (non-hydrogen) atoms. The molecule has 0 heterocycles. The first-order valence-electron chi connectivity index (χ1n) is 5.65. The van der Waals surface area contributed by atoms with E-state index in [1.54, 1.807) is 7.11 Å². The molecule has 0 saturated heterocycles. The van der Waals surface area contributed by atoms with E-state index in [0.717, 1.165) is 10.9 Å². The van der Waals surface area contributed by atoms with Crippen LogP contribution in [-0.4, -0.2) is 38.4 Å². The van der Waals surface area contributed by atoms with E-state index < -0.39 is 0 Å². The van der Waals surface area contributed by atoms with Crippen molar-refractivity contribution in [3.05, 3.63) is 35.9 Å². The van der Waals surface area contributed by atoms with Crippen LogP contribution in [0.3, 0.4) is 0 Å². The molecule has 1 atom stereocenters. The second kappa shape index (κ2) is 9.59. The van der Waals surface area contributed by atoms with Crippen LogP contribution in [0.15, 0.2) is 30.3 Å². The molecular formula is C13H19BrO3. The van der Waals surface area contributed by atoms with Crippen molar-refractivity contribution in [2.45, 2.75) is 12.7 Å². The summed E-state index contributed by atoms with van der Waals surface area (Å²) < 4.78 is 16.3. The smallest absolute Gasteiger partial charge is 0.105 e. The first kappa shape index (κ1) is 14.6. The Balaban J connectivity index is 2.28. The van der Waals surface area contributed by atoms with Crippen LogP contribution in [0.4, 0.5) is 0 Å². The van der Waals surface area contributed by atoms with Crippen LogP contribution in [0.5, 0.6) is 0 Å². The van der Waals surface area contributed by atoms with Crippen molar-refractivity contribution in [1.82, 2.24) is 0 Å². The van der Waals surface area contributed by atoms with Crippen molar-refractivity contribution in [3.8, 4) is 0 Å². The Morgan fingerprint density at radius 3 is 2.59 bits per heavy atom. The molecule has 0 saturated carbocycles. The highest BCUT2D eigenvalue weighted by atomic mass is 79.9. The Hall–Kier alpha value is -0.420. The van der Waals surface area contributed by atoms with Crippen molar-refractivity contribution in [3.63, 3.8) is 0 Å². The van der Waals surface area contributed by atoms with Crippen LogP contribution in [-0.2, 0) is 20.8 Å². The van der Waals surface area contributed by atoms with Crippen LogP contribution in [0.2, 0.25) is 0 Å². The first-order valence-corrected chi connectivity index (χ1v) is 6.77. The van der Waals surface area contributed by atoms with Gasteiger partial charge < -0.3 is 14.2 Å². The molecule has 0 aliphatic rings. The van der Waals surface area contributed by atoms with Crippen LogP contribution in [0.1, 0.15) is 5.56 Å². The minimum atomic E-state index is -0.0146. The first-order chi connectivity index (χ1) is 8.36. The Labute approximate surface area is 111 Å². The third-order valence-corrected chi connectivity index (χ3v) is 2.53. The van der Waals surface area contributed by atoms with Crippen molar-refractivity contribution in [1.29, 1.82) is 0 Å². The molecule has 0 aliphatic carbocycles. The van der Waals surface area contributed by atoms with Crippen LogP contribution >= 0.6 is 15.9 Å². The lowest BCUT2D eigenvalue weighted by Gasteiger charge is -2.17. The summed E-state index contributed by atoms with van der Waals surface area (Å²) in [6.45, 7) is 2.39. The minimum Gasteiger partial charge on any atom is -0.382 e. The molecule has 0 aromatic heterocycles. The molecule has 1 unspecified atom stereocenters. The van der Waals surface area contributed by atoms with Gasteiger partial charge in [-0.1, -0.05) is 46.3 Å². The Kier molecular flexibility index (Phi) is 8.26. The minimum absolute atomic E-state index is 0.0146. The topological polar surface area (TPSA) is 27.7 Å². The van der Waals surface area contributed by atoms with Gasteiger partial charge in [-0.3, -0.25) is 0 Å². The molecule has 4 heteroatoms. The quantitative estimate of drug-likeness (QED) is 0.518. The maximum atomic E-state index is 5.75. The zero-order valence-electron chi connectivity index (χ0n) is 10.1. The van der Waals surface area contributed by atoms with E-state index in [1.165, 1.54) is 0 Å². The lowest BCUT2D eigenvalue weighted by atomic mass is 10.2. The molecular weight excluding hydrogens is 284 g/mol. The van der Waals surface area contributed by atoms with Gasteiger partial charge in [-0.2, -0.15) is 0 Å². The molecule has 0 spiro atoms. The molecule has 3 nitrogen and oxygen atoms in total. The van der Waals surface area contributed by atoms with Crippen molar-refractivity contribution < 1.29 is 14.2 Å². The van der Waals surface area contributed by atoms with Gasteiger partial charge in [0.15, 0.2) is 0 Å². The molecule has 0 bridgehead atoms. The monoisotopic (exact) mass is 302 g/mol. The Morgan fingerprint density at radius 2 is 1.94 bits per heavy atom. The lowest BCUT2D eigenvalue weighted by molar-refractivity contribution is -0.0558. The highest BCUT2D eigenvalue weighted by molar-refractivity contribution is 9.09. The third-order valence-electron chi connectivity index (χ3n) is 2.21. The summed E-state index contributed by atoms with van der Waals surface area (Å²) in [6.07, 6.45) is -0.0146. The zero-order chi connectivity index (χ0) is 12.3. The van der Waals surface area contributed by atoms with Gasteiger partial charge in [0.05, 0.1) is 26.4 Å². The largest absolute Gasteiger partial charge is 0.382 e. The molecule has 96 valence electrons. The maximum Gasteiger partial charge on any atom is 0.105 e. The molecule has 0 radical (unpaired) electrons. The number of alkyl halides is 1. The fourth-order valence-electron chi connectivity index (χ4n) is 1.39. The molecule has 1 aromatic rings. The fourth-order valence-corrected chi connectivity index (χ4v) is 1.62. The summed E-state index contributed by atoms with van der Waals surface area (Å²) in [5.74, 6) is 0. The summed E-state index contributed by atoms with van der Waals surface area (Å²) in [4.78, 5) is 0. The average molecular weight is 303 g/mol. The average Bonchev–Trinajstić information content (AvgIpc) is 2.37. The third kappa shape index (κ3) is 6.78. The number of methoxy groups -OCH3 is 1. The molecule has 0 amide bonds. The number of benzene rings is 1. The zero-order valence-corrected chi connectivity index (χ0v) is 11.7. The van der Waals surface area contributed by atoms with Crippen molar-refractivity contribution in [2.75, 3.05) is 32.3 Å². The predicted molar refractivity (Wildman–Crippen MR) is 71.5 cm³/mol. The second-order valence-corrected chi connectivity index (χ2v) is 4.43. The van der Waals surface area contributed by atoms with Crippen LogP contribution < -0.4 is 0 Å². The van der Waals surface area contributed by atoms with E-state index in [4.69, 9.17) is 14.2 Å². The summed E-state index contributed by atoms with van der Waals surface area (Å²) in [7, 11) is 1.67. The fraction of sp³-hybridized carbons (Fsp3) is 0.538. The van der Waals surface area contributed by atoms with E-state index in [-0.39, 0.29) is 6.10 Å². The summed E-state index contributed by atoms with van der Waals surface area (Å²) in [5.41, 5.74) is 1.16. The van der Waals surface area contributed by atoms with Gasteiger partial charge in [-0.15, -0.1) is 0 Å². The summed E-state index contributed by atoms with van der Waals surface area (Å²) >= 11 is 3.32. The van der Waals surface area contributed by atoms with Gasteiger partial charge in [-0.25, -0.2) is 0 Å². The summed E-state index contributed by atoms with van der Waals surface area (Å²) in [5, 5.41) is 0.839.